The minimum absolute atomic E-state index is 0.000367. The van der Waals surface area contributed by atoms with E-state index in [1.165, 1.54) is 5.56 Å². The van der Waals surface area contributed by atoms with Crippen molar-refractivity contribution in [3.05, 3.63) is 155 Å². The highest BCUT2D eigenvalue weighted by Crippen LogP contribution is 2.39. The van der Waals surface area contributed by atoms with E-state index < -0.39 is 6.29 Å². The summed E-state index contributed by atoms with van der Waals surface area (Å²) in [6, 6.07) is 42.1. The number of carbonyl (C=O) groups excluding carboxylic acids is 2. The smallest absolute Gasteiger partial charge is 0.224 e. The number of aliphatic hydroxyl groups is 1. The van der Waals surface area contributed by atoms with Gasteiger partial charge in [-0.15, -0.1) is 0 Å². The van der Waals surface area contributed by atoms with Gasteiger partial charge in [-0.3, -0.25) is 14.5 Å². The molecule has 0 aromatic heterocycles. The topological polar surface area (TPSA) is 126 Å². The largest absolute Gasteiger partial charge is 0.397 e. The van der Waals surface area contributed by atoms with E-state index in [4.69, 9.17) is 15.2 Å². The molecular weight excluding hydrogens is 689 g/mol. The number of aliphatic hydroxyl groups excluding tert-OH is 1. The molecule has 9 heteroatoms. The number of likely N-dealkylation sites (N-methyl/N-ethyl adjacent to an activating group) is 1. The third kappa shape index (κ3) is 11.8. The molecule has 1 aliphatic heterocycles. The van der Waals surface area contributed by atoms with Crippen LogP contribution in [0.1, 0.15) is 78.7 Å². The highest BCUT2D eigenvalue weighted by molar-refractivity contribution is 5.93. The van der Waals surface area contributed by atoms with Crippen molar-refractivity contribution in [1.29, 1.82) is 0 Å². The molecule has 5 aromatic rings. The molecule has 5 aromatic carbocycles. The number of carbonyl (C=O) groups is 2. The van der Waals surface area contributed by atoms with Crippen LogP contribution in [0.5, 0.6) is 0 Å². The fourth-order valence-corrected chi connectivity index (χ4v) is 6.93. The van der Waals surface area contributed by atoms with Gasteiger partial charge in [0.05, 0.1) is 30.2 Å². The Morgan fingerprint density at radius 1 is 0.727 bits per heavy atom. The summed E-state index contributed by atoms with van der Waals surface area (Å²) in [6.45, 7) is 1.99. The quantitative estimate of drug-likeness (QED) is 0.0558. The van der Waals surface area contributed by atoms with Crippen molar-refractivity contribution in [3.63, 3.8) is 0 Å². The van der Waals surface area contributed by atoms with Crippen LogP contribution in [0.3, 0.4) is 0 Å². The standard InChI is InChI=1S/C46H52N4O5/c1-50(30-33-12-4-2-5-13-33)31-40-28-43(36-24-22-34(32-51)23-25-36)55-46(54-40)39-17-11-16-38(27-39)37-15-10-14-35(26-37)29-48-44(52)20-6-3-7-21-45(53)49-42-19-9-8-18-41(42)47/h2,4-5,8-19,22-27,40,43,46,51H,3,6-7,20-21,28-32,47H2,1H3,(H,48,52)(H,49,53)/t40-,43+,46+/m1/s1. The highest BCUT2D eigenvalue weighted by Gasteiger charge is 2.33. The number of nitrogens with one attached hydrogen (secondary N) is 2. The van der Waals surface area contributed by atoms with Crippen LogP contribution in [0, 0.1) is 0 Å². The van der Waals surface area contributed by atoms with E-state index in [1.54, 1.807) is 12.1 Å². The second kappa shape index (κ2) is 19.8. The third-order valence-electron chi connectivity index (χ3n) is 9.88. The first-order valence-corrected chi connectivity index (χ1v) is 19.2. The molecule has 9 nitrogen and oxygen atoms in total. The summed E-state index contributed by atoms with van der Waals surface area (Å²) in [5.74, 6) is -0.0857. The zero-order chi connectivity index (χ0) is 38.4. The number of hydrogen-bond donors (Lipinski definition) is 4. The van der Waals surface area contributed by atoms with Crippen molar-refractivity contribution in [2.45, 2.75) is 76.7 Å². The molecule has 1 aliphatic rings. The maximum Gasteiger partial charge on any atom is 0.224 e. The van der Waals surface area contributed by atoms with Crippen LogP contribution in [0.2, 0.25) is 0 Å². The predicted molar refractivity (Wildman–Crippen MR) is 217 cm³/mol. The molecule has 0 saturated carbocycles. The summed E-state index contributed by atoms with van der Waals surface area (Å²) in [5, 5.41) is 15.5. The highest BCUT2D eigenvalue weighted by atomic mass is 16.7. The number of anilines is 2. The van der Waals surface area contributed by atoms with Crippen molar-refractivity contribution in [2.75, 3.05) is 24.6 Å². The van der Waals surface area contributed by atoms with Crippen LogP contribution in [-0.2, 0) is 38.8 Å². The summed E-state index contributed by atoms with van der Waals surface area (Å²) in [4.78, 5) is 27.2. The van der Waals surface area contributed by atoms with Gasteiger partial charge >= 0.3 is 0 Å². The van der Waals surface area contributed by atoms with Crippen molar-refractivity contribution in [3.8, 4) is 11.1 Å². The normalized spacial score (nSPS) is 16.8. The number of amides is 2. The van der Waals surface area contributed by atoms with E-state index in [0.29, 0.717) is 50.0 Å². The first-order valence-electron chi connectivity index (χ1n) is 19.2. The number of ether oxygens (including phenoxy) is 2. The molecule has 0 radical (unpaired) electrons. The predicted octanol–water partition coefficient (Wildman–Crippen LogP) is 8.31. The average Bonchev–Trinajstić information content (AvgIpc) is 3.21. The van der Waals surface area contributed by atoms with Crippen molar-refractivity contribution < 1.29 is 24.2 Å². The molecular formula is C46H52N4O5. The molecule has 0 spiro atoms. The van der Waals surface area contributed by atoms with E-state index in [2.05, 4.69) is 71.1 Å². The molecule has 55 heavy (non-hydrogen) atoms. The summed E-state index contributed by atoms with van der Waals surface area (Å²) >= 11 is 0. The lowest BCUT2D eigenvalue weighted by Gasteiger charge is -2.38. The first-order chi connectivity index (χ1) is 26.8. The molecule has 5 N–H and O–H groups in total. The number of benzene rings is 5. The summed E-state index contributed by atoms with van der Waals surface area (Å²) in [5.41, 5.74) is 14.3. The summed E-state index contributed by atoms with van der Waals surface area (Å²) < 4.78 is 13.3. The molecule has 1 fully saturated rings. The van der Waals surface area contributed by atoms with E-state index in [1.807, 2.05) is 66.7 Å². The zero-order valence-electron chi connectivity index (χ0n) is 31.5. The molecule has 3 atom stereocenters. The van der Waals surface area contributed by atoms with E-state index in [-0.39, 0.29) is 30.6 Å². The SMILES string of the molecule is CN(Cc1ccccc1)C[C@H]1C[C@@H](c2ccc(CO)cc2)O[C@@H](c2cccc(-c3cccc(CNC(=O)CCCCCC(=O)Nc4ccccc4N)c3)c2)O1. The number of rotatable bonds is 17. The fraction of sp³-hybridized carbons (Fsp3) is 0.304. The number of unbranched alkanes of at least 4 members (excludes halogenated alkanes) is 2. The number of para-hydroxylation sites is 2. The van der Waals surface area contributed by atoms with Gasteiger partial charge < -0.3 is 30.9 Å². The van der Waals surface area contributed by atoms with Gasteiger partial charge in [0.1, 0.15) is 0 Å². The van der Waals surface area contributed by atoms with Gasteiger partial charge in [-0.05, 0) is 77.5 Å². The van der Waals surface area contributed by atoms with Crippen molar-refractivity contribution in [1.82, 2.24) is 10.2 Å². The third-order valence-corrected chi connectivity index (χ3v) is 9.88. The van der Waals surface area contributed by atoms with Gasteiger partial charge in [0.25, 0.3) is 0 Å². The number of hydrogen-bond acceptors (Lipinski definition) is 7. The minimum atomic E-state index is -0.564. The van der Waals surface area contributed by atoms with Gasteiger partial charge in [-0.2, -0.15) is 0 Å². The molecule has 0 aliphatic carbocycles. The summed E-state index contributed by atoms with van der Waals surface area (Å²) in [6.07, 6.45) is 2.90. The Kier molecular flexibility index (Phi) is 14.2. The number of nitrogen functional groups attached to an aromatic ring is 1. The first kappa shape index (κ1) is 39.4. The van der Waals surface area contributed by atoms with Crippen molar-refractivity contribution in [2.24, 2.45) is 0 Å². The molecule has 1 heterocycles. The van der Waals surface area contributed by atoms with Gasteiger partial charge in [0.15, 0.2) is 6.29 Å². The van der Waals surface area contributed by atoms with Crippen LogP contribution < -0.4 is 16.4 Å². The Morgan fingerprint density at radius 2 is 1.42 bits per heavy atom. The zero-order valence-corrected chi connectivity index (χ0v) is 31.5. The van der Waals surface area contributed by atoms with Gasteiger partial charge in [0.2, 0.25) is 11.8 Å². The number of nitrogens with two attached hydrogens (primary N) is 1. The molecule has 6 rings (SSSR count). The Balaban J connectivity index is 1.03. The Labute approximate surface area is 324 Å². The monoisotopic (exact) mass is 740 g/mol. The molecule has 286 valence electrons. The van der Waals surface area contributed by atoms with Gasteiger partial charge in [-0.1, -0.05) is 110 Å². The van der Waals surface area contributed by atoms with Gasteiger partial charge in [0, 0.05) is 44.5 Å². The maximum absolute atomic E-state index is 12.7. The van der Waals surface area contributed by atoms with Crippen LogP contribution in [0.15, 0.2) is 127 Å². The van der Waals surface area contributed by atoms with Crippen LogP contribution in [-0.4, -0.2) is 41.5 Å². The van der Waals surface area contributed by atoms with Crippen LogP contribution in [0.4, 0.5) is 11.4 Å². The second-order valence-electron chi connectivity index (χ2n) is 14.3. The van der Waals surface area contributed by atoms with Crippen LogP contribution in [0.25, 0.3) is 11.1 Å². The molecule has 0 bridgehead atoms. The molecule has 1 saturated heterocycles. The second-order valence-corrected chi connectivity index (χ2v) is 14.3. The van der Waals surface area contributed by atoms with Crippen LogP contribution >= 0.6 is 0 Å². The number of nitrogens with zero attached hydrogens (tertiary/aromatic N) is 1. The minimum Gasteiger partial charge on any atom is -0.397 e. The van der Waals surface area contributed by atoms with Crippen molar-refractivity contribution >= 4 is 23.2 Å². The lowest BCUT2D eigenvalue weighted by atomic mass is 9.98. The Hall–Kier alpha value is -5.32. The average molecular weight is 741 g/mol. The fourth-order valence-electron chi connectivity index (χ4n) is 6.93. The van der Waals surface area contributed by atoms with Gasteiger partial charge in [-0.25, -0.2) is 0 Å². The van der Waals surface area contributed by atoms with E-state index in [9.17, 15) is 14.7 Å². The molecule has 2 amide bonds. The van der Waals surface area contributed by atoms with E-state index in [0.717, 1.165) is 52.9 Å². The Morgan fingerprint density at radius 3 is 2.18 bits per heavy atom. The summed E-state index contributed by atoms with van der Waals surface area (Å²) in [7, 11) is 2.12. The lowest BCUT2D eigenvalue weighted by molar-refractivity contribution is -0.252. The molecule has 0 unspecified atom stereocenters. The van der Waals surface area contributed by atoms with E-state index >= 15 is 0 Å². The lowest BCUT2D eigenvalue weighted by Crippen LogP contribution is -2.37. The maximum atomic E-state index is 12.7. The Bertz CT molecular complexity index is 1990.